The molecule has 0 aromatic rings. The Morgan fingerprint density at radius 3 is 2.70 bits per heavy atom. The Bertz CT molecular complexity index is 205. The van der Waals surface area contributed by atoms with Crippen LogP contribution >= 0.6 is 0 Å². The number of carbonyl (C=O) groups is 1. The highest BCUT2D eigenvalue weighted by Crippen LogP contribution is 1.93. The number of hydrogen-bond acceptors (Lipinski definition) is 2. The first-order chi connectivity index (χ1) is 4.72. The monoisotopic (exact) mass is 138 g/mol. The van der Waals surface area contributed by atoms with Crippen molar-refractivity contribution in [3.05, 3.63) is 12.3 Å². The fraction of sp³-hybridized carbons (Fsp3) is 0.333. The quantitative estimate of drug-likeness (QED) is 0.484. The maximum Gasteiger partial charge on any atom is 0.273 e. The molecule has 0 N–H and O–H groups in total. The van der Waals surface area contributed by atoms with Crippen LogP contribution in [0.1, 0.15) is 0 Å². The van der Waals surface area contributed by atoms with Crippen molar-refractivity contribution in [2.75, 3.05) is 14.1 Å². The zero-order chi connectivity index (χ0) is 7.56. The Balaban J connectivity index is 2.66. The first kappa shape index (κ1) is 6.80. The molecule has 1 amide bonds. The zero-order valence-electron chi connectivity index (χ0n) is 5.90. The smallest absolute Gasteiger partial charge is 0.273 e. The molecule has 0 saturated heterocycles. The van der Waals surface area contributed by atoms with E-state index in [1.54, 1.807) is 20.2 Å². The van der Waals surface area contributed by atoms with Gasteiger partial charge in [-0.05, 0) is 6.08 Å². The van der Waals surface area contributed by atoms with Crippen LogP contribution in [-0.2, 0) is 4.79 Å². The van der Waals surface area contributed by atoms with Gasteiger partial charge in [0.2, 0.25) is 0 Å². The molecule has 53 valence electrons. The van der Waals surface area contributed by atoms with Gasteiger partial charge in [-0.25, -0.2) is 0 Å². The topological polar surface area (TPSA) is 46.8 Å². The summed E-state index contributed by atoms with van der Waals surface area (Å²) in [6.45, 7) is 0. The van der Waals surface area contributed by atoms with Crippen LogP contribution in [0.5, 0.6) is 0 Å². The number of nitrogens with zero attached hydrogens (tertiary/aromatic N) is 3. The highest BCUT2D eigenvalue weighted by Gasteiger charge is 2.12. The van der Waals surface area contributed by atoms with Gasteiger partial charge in [0.1, 0.15) is 0 Å². The summed E-state index contributed by atoms with van der Waals surface area (Å²) in [4.78, 5) is 12.5. The van der Waals surface area contributed by atoms with Gasteiger partial charge in [0.05, 0.1) is 6.20 Å². The van der Waals surface area contributed by atoms with E-state index in [1.807, 2.05) is 0 Å². The molecule has 1 heterocycles. The van der Waals surface area contributed by atoms with E-state index in [4.69, 9.17) is 0 Å². The molecule has 0 aliphatic carbocycles. The molecule has 1 aliphatic heterocycles. The molecule has 4 nitrogen and oxygen atoms in total. The van der Waals surface area contributed by atoms with Gasteiger partial charge in [0.15, 0.2) is 5.71 Å². The van der Waals surface area contributed by atoms with Crippen LogP contribution in [0.15, 0.2) is 17.4 Å². The van der Waals surface area contributed by atoms with E-state index in [0.29, 0.717) is 5.71 Å². The van der Waals surface area contributed by atoms with Crippen molar-refractivity contribution >= 4 is 11.6 Å². The van der Waals surface area contributed by atoms with Crippen molar-refractivity contribution in [2.24, 2.45) is 5.10 Å². The third-order valence-corrected chi connectivity index (χ3v) is 1.09. The third-order valence-electron chi connectivity index (χ3n) is 1.09. The van der Waals surface area contributed by atoms with E-state index in [1.165, 1.54) is 11.1 Å². The lowest BCUT2D eigenvalue weighted by molar-refractivity contribution is -0.121. The van der Waals surface area contributed by atoms with E-state index in [-0.39, 0.29) is 5.91 Å². The standard InChI is InChI=1S/C6H8N3O/c1-9(2)6(10)5-3-4-7-8-5/h3-4H,1-2H3. The van der Waals surface area contributed by atoms with Crippen molar-refractivity contribution in [1.29, 1.82) is 0 Å². The fourth-order valence-electron chi connectivity index (χ4n) is 0.576. The van der Waals surface area contributed by atoms with Crippen LogP contribution < -0.4 is 5.43 Å². The van der Waals surface area contributed by atoms with Crippen LogP contribution in [0, 0.1) is 0 Å². The van der Waals surface area contributed by atoms with E-state index in [2.05, 4.69) is 10.5 Å². The summed E-state index contributed by atoms with van der Waals surface area (Å²) in [6, 6.07) is 0. The molecule has 4 heteroatoms. The molecule has 0 aromatic carbocycles. The third kappa shape index (κ3) is 1.15. The van der Waals surface area contributed by atoms with Gasteiger partial charge in [0, 0.05) is 14.1 Å². The largest absolute Gasteiger partial charge is 0.343 e. The molecule has 1 rings (SSSR count). The van der Waals surface area contributed by atoms with Gasteiger partial charge in [-0.3, -0.25) is 4.79 Å². The summed E-state index contributed by atoms with van der Waals surface area (Å²) in [5.74, 6) is -0.113. The van der Waals surface area contributed by atoms with Crippen LogP contribution in [-0.4, -0.2) is 30.6 Å². The molecule has 10 heavy (non-hydrogen) atoms. The predicted octanol–water partition coefficient (Wildman–Crippen LogP) is -0.438. The van der Waals surface area contributed by atoms with E-state index in [0.717, 1.165) is 0 Å². The second-order valence-corrected chi connectivity index (χ2v) is 2.12. The highest BCUT2D eigenvalue weighted by atomic mass is 16.2. The summed E-state index contributed by atoms with van der Waals surface area (Å²) < 4.78 is 0. The van der Waals surface area contributed by atoms with Crippen LogP contribution in [0.25, 0.3) is 0 Å². The average Bonchev–Trinajstić information content (AvgIpc) is 2.36. The molecule has 0 aromatic heterocycles. The summed E-state index contributed by atoms with van der Waals surface area (Å²) in [7, 11) is 3.36. The van der Waals surface area contributed by atoms with Gasteiger partial charge in [-0.15, -0.1) is 5.10 Å². The maximum atomic E-state index is 11.0. The van der Waals surface area contributed by atoms with Gasteiger partial charge < -0.3 is 4.90 Å². The summed E-state index contributed by atoms with van der Waals surface area (Å²) in [5.41, 5.74) is 3.92. The Morgan fingerprint density at radius 1 is 1.60 bits per heavy atom. The summed E-state index contributed by atoms with van der Waals surface area (Å²) in [6.07, 6.45) is 3.08. The number of hydrogen-bond donors (Lipinski definition) is 0. The molecule has 1 aliphatic rings. The lowest BCUT2D eigenvalue weighted by Gasteiger charge is -2.06. The van der Waals surface area contributed by atoms with Gasteiger partial charge in [-0.2, -0.15) is 5.43 Å². The second kappa shape index (κ2) is 2.51. The normalized spacial score (nSPS) is 14.4. The predicted molar refractivity (Wildman–Crippen MR) is 37.4 cm³/mol. The maximum absolute atomic E-state index is 11.0. The lowest BCUT2D eigenvalue weighted by atomic mass is 10.3. The van der Waals surface area contributed by atoms with E-state index >= 15 is 0 Å². The van der Waals surface area contributed by atoms with Crippen LogP contribution in [0.4, 0.5) is 0 Å². The molecule has 0 spiro atoms. The number of amides is 1. The van der Waals surface area contributed by atoms with Crippen molar-refractivity contribution in [3.8, 4) is 0 Å². The molecule has 1 radical (unpaired) electrons. The fourth-order valence-corrected chi connectivity index (χ4v) is 0.576. The lowest BCUT2D eigenvalue weighted by Crippen LogP contribution is -2.28. The minimum absolute atomic E-state index is 0.113. The zero-order valence-corrected chi connectivity index (χ0v) is 5.90. The summed E-state index contributed by atoms with van der Waals surface area (Å²) >= 11 is 0. The van der Waals surface area contributed by atoms with Crippen LogP contribution in [0.3, 0.4) is 0 Å². The van der Waals surface area contributed by atoms with Gasteiger partial charge in [-0.1, -0.05) is 0 Å². The molecule has 0 atom stereocenters. The Kier molecular flexibility index (Phi) is 1.71. The first-order valence-electron chi connectivity index (χ1n) is 2.88. The molecule has 0 bridgehead atoms. The van der Waals surface area contributed by atoms with Gasteiger partial charge in [0.25, 0.3) is 5.91 Å². The molecule has 0 fully saturated rings. The second-order valence-electron chi connectivity index (χ2n) is 2.12. The van der Waals surface area contributed by atoms with Crippen molar-refractivity contribution < 1.29 is 4.79 Å². The average molecular weight is 138 g/mol. The highest BCUT2D eigenvalue weighted by molar-refractivity contribution is 6.43. The van der Waals surface area contributed by atoms with Gasteiger partial charge >= 0.3 is 0 Å². The molecule has 0 unspecified atom stereocenters. The first-order valence-corrected chi connectivity index (χ1v) is 2.88. The Morgan fingerprint density at radius 2 is 2.30 bits per heavy atom. The Labute approximate surface area is 59.2 Å². The molecular weight excluding hydrogens is 130 g/mol. The SMILES string of the molecule is CN(C)C(=O)C1=N[N]C=C1. The van der Waals surface area contributed by atoms with Crippen LogP contribution in [0.2, 0.25) is 0 Å². The number of rotatable bonds is 1. The number of carbonyl (C=O) groups excluding carboxylic acids is 1. The van der Waals surface area contributed by atoms with Crippen molar-refractivity contribution in [3.63, 3.8) is 0 Å². The Hall–Kier alpha value is -1.32. The minimum atomic E-state index is -0.113. The van der Waals surface area contributed by atoms with Crippen molar-refractivity contribution in [2.45, 2.75) is 0 Å². The van der Waals surface area contributed by atoms with Crippen molar-refractivity contribution in [1.82, 2.24) is 10.3 Å². The van der Waals surface area contributed by atoms with E-state index in [9.17, 15) is 4.79 Å². The minimum Gasteiger partial charge on any atom is -0.343 e. The summed E-state index contributed by atoms with van der Waals surface area (Å²) in [5, 5.41) is 3.60. The molecular formula is C6H8N3O. The molecule has 0 saturated carbocycles. The van der Waals surface area contributed by atoms with E-state index < -0.39 is 0 Å².